The number of amides is 1. The van der Waals surface area contributed by atoms with E-state index >= 15 is 0 Å². The maximum Gasteiger partial charge on any atom is 0.341 e. The molecule has 0 aromatic heterocycles. The fourth-order valence-corrected chi connectivity index (χ4v) is 2.52. The minimum Gasteiger partial charge on any atom is -0.486 e. The molecule has 0 unspecified atom stereocenters. The Labute approximate surface area is 151 Å². The molecule has 0 fully saturated rings. The third-order valence-corrected chi connectivity index (χ3v) is 3.80. The van der Waals surface area contributed by atoms with Gasteiger partial charge in [-0.3, -0.25) is 4.79 Å². The van der Waals surface area contributed by atoms with Crippen molar-refractivity contribution in [1.82, 2.24) is 0 Å². The van der Waals surface area contributed by atoms with Crippen LogP contribution in [0, 0.1) is 5.82 Å². The number of ether oxygens (including phenoxy) is 3. The van der Waals surface area contributed by atoms with Crippen LogP contribution in [0.4, 0.5) is 10.1 Å². The lowest BCUT2D eigenvalue weighted by atomic mass is 10.2. The van der Waals surface area contributed by atoms with Gasteiger partial charge in [0.05, 0.1) is 5.56 Å². The van der Waals surface area contributed by atoms with E-state index < -0.39 is 24.3 Å². The molecular formula is C17H13BrFNO5. The molecule has 3 rings (SSSR count). The molecule has 130 valence electrons. The average Bonchev–Trinajstić information content (AvgIpc) is 2.59. The van der Waals surface area contributed by atoms with Crippen LogP contribution >= 0.6 is 15.9 Å². The van der Waals surface area contributed by atoms with Gasteiger partial charge in [-0.2, -0.15) is 0 Å². The Bertz CT molecular complexity index is 827. The topological polar surface area (TPSA) is 73.9 Å². The van der Waals surface area contributed by atoms with Gasteiger partial charge in [0, 0.05) is 16.2 Å². The van der Waals surface area contributed by atoms with Gasteiger partial charge in [-0.25, -0.2) is 9.18 Å². The summed E-state index contributed by atoms with van der Waals surface area (Å²) in [5.41, 5.74) is 0.232. The maximum absolute atomic E-state index is 13.7. The van der Waals surface area contributed by atoms with Crippen molar-refractivity contribution in [2.75, 3.05) is 25.1 Å². The molecule has 8 heteroatoms. The predicted molar refractivity (Wildman–Crippen MR) is 90.4 cm³/mol. The molecule has 0 saturated heterocycles. The molecule has 1 heterocycles. The van der Waals surface area contributed by atoms with E-state index in [1.165, 1.54) is 12.1 Å². The average molecular weight is 410 g/mol. The minimum absolute atomic E-state index is 0.240. The molecular weight excluding hydrogens is 397 g/mol. The first-order valence-corrected chi connectivity index (χ1v) is 8.14. The van der Waals surface area contributed by atoms with Gasteiger partial charge in [0.2, 0.25) is 0 Å². The van der Waals surface area contributed by atoms with E-state index in [2.05, 4.69) is 21.2 Å². The Morgan fingerprint density at radius 3 is 2.64 bits per heavy atom. The third kappa shape index (κ3) is 4.27. The minimum atomic E-state index is -0.915. The number of hydrogen-bond donors (Lipinski definition) is 1. The van der Waals surface area contributed by atoms with Crippen molar-refractivity contribution in [2.24, 2.45) is 0 Å². The highest BCUT2D eigenvalue weighted by Crippen LogP contribution is 2.32. The van der Waals surface area contributed by atoms with Crippen LogP contribution in [0.25, 0.3) is 0 Å². The highest BCUT2D eigenvalue weighted by atomic mass is 79.9. The van der Waals surface area contributed by atoms with Crippen LogP contribution < -0.4 is 14.8 Å². The van der Waals surface area contributed by atoms with Gasteiger partial charge in [0.15, 0.2) is 18.1 Å². The number of esters is 1. The van der Waals surface area contributed by atoms with Gasteiger partial charge in [-0.15, -0.1) is 0 Å². The lowest BCUT2D eigenvalue weighted by Gasteiger charge is -2.19. The zero-order valence-corrected chi connectivity index (χ0v) is 14.5. The molecule has 25 heavy (non-hydrogen) atoms. The van der Waals surface area contributed by atoms with Gasteiger partial charge < -0.3 is 19.5 Å². The van der Waals surface area contributed by atoms with E-state index in [0.29, 0.717) is 34.9 Å². The molecule has 1 aliphatic rings. The van der Waals surface area contributed by atoms with Crippen LogP contribution in [0.3, 0.4) is 0 Å². The fourth-order valence-electron chi connectivity index (χ4n) is 2.18. The smallest absolute Gasteiger partial charge is 0.341 e. The lowest BCUT2D eigenvalue weighted by molar-refractivity contribution is -0.119. The normalized spacial score (nSPS) is 12.4. The van der Waals surface area contributed by atoms with E-state index in [1.54, 1.807) is 18.2 Å². The number of nitrogens with one attached hydrogen (secondary N) is 1. The Morgan fingerprint density at radius 1 is 1.12 bits per heavy atom. The van der Waals surface area contributed by atoms with Crippen molar-refractivity contribution in [3.63, 3.8) is 0 Å². The SMILES string of the molecule is O=C(COC(=O)c1ccc(Br)cc1F)Nc1ccc2c(c1)OCCO2. The molecule has 1 amide bonds. The molecule has 1 N–H and O–H groups in total. The number of benzene rings is 2. The molecule has 0 aliphatic carbocycles. The summed E-state index contributed by atoms with van der Waals surface area (Å²) < 4.78 is 29.8. The van der Waals surface area contributed by atoms with Crippen molar-refractivity contribution >= 4 is 33.5 Å². The number of rotatable bonds is 4. The summed E-state index contributed by atoms with van der Waals surface area (Å²) in [5.74, 6) is -1.07. The highest BCUT2D eigenvalue weighted by Gasteiger charge is 2.16. The molecule has 0 bridgehead atoms. The number of anilines is 1. The van der Waals surface area contributed by atoms with Crippen molar-refractivity contribution in [3.05, 3.63) is 52.3 Å². The number of hydrogen-bond acceptors (Lipinski definition) is 5. The first-order valence-electron chi connectivity index (χ1n) is 7.34. The van der Waals surface area contributed by atoms with Crippen molar-refractivity contribution in [3.8, 4) is 11.5 Å². The van der Waals surface area contributed by atoms with Gasteiger partial charge in [-0.05, 0) is 30.3 Å². The zero-order chi connectivity index (χ0) is 17.8. The summed E-state index contributed by atoms with van der Waals surface area (Å²) in [7, 11) is 0. The monoisotopic (exact) mass is 409 g/mol. The molecule has 1 aliphatic heterocycles. The number of carbonyl (C=O) groups excluding carboxylic acids is 2. The second-order valence-electron chi connectivity index (χ2n) is 5.11. The first kappa shape index (κ1) is 17.2. The zero-order valence-electron chi connectivity index (χ0n) is 12.9. The Hall–Kier alpha value is -2.61. The molecule has 2 aromatic carbocycles. The van der Waals surface area contributed by atoms with Crippen LogP contribution in [-0.4, -0.2) is 31.7 Å². The Balaban J connectivity index is 1.56. The molecule has 0 radical (unpaired) electrons. The molecule has 0 spiro atoms. The van der Waals surface area contributed by atoms with Crippen molar-refractivity contribution in [1.29, 1.82) is 0 Å². The third-order valence-electron chi connectivity index (χ3n) is 3.31. The van der Waals surface area contributed by atoms with Gasteiger partial charge in [-0.1, -0.05) is 15.9 Å². The van der Waals surface area contributed by atoms with Crippen LogP contribution in [0.15, 0.2) is 40.9 Å². The summed E-state index contributed by atoms with van der Waals surface area (Å²) in [4.78, 5) is 23.7. The van der Waals surface area contributed by atoms with E-state index in [4.69, 9.17) is 14.2 Å². The number of carbonyl (C=O) groups is 2. The molecule has 6 nitrogen and oxygen atoms in total. The second-order valence-corrected chi connectivity index (χ2v) is 6.02. The van der Waals surface area contributed by atoms with Crippen LogP contribution in [0.2, 0.25) is 0 Å². The summed E-state index contributed by atoms with van der Waals surface area (Å²) >= 11 is 3.10. The van der Waals surface area contributed by atoms with E-state index in [9.17, 15) is 14.0 Å². The summed E-state index contributed by atoms with van der Waals surface area (Å²) in [6, 6.07) is 8.86. The summed E-state index contributed by atoms with van der Waals surface area (Å²) in [6.45, 7) is 0.366. The molecule has 2 aromatic rings. The first-order chi connectivity index (χ1) is 12.0. The largest absolute Gasteiger partial charge is 0.486 e. The summed E-state index contributed by atoms with van der Waals surface area (Å²) in [6.07, 6.45) is 0. The molecule has 0 saturated carbocycles. The lowest BCUT2D eigenvalue weighted by Crippen LogP contribution is -2.21. The van der Waals surface area contributed by atoms with Gasteiger partial charge >= 0.3 is 5.97 Å². The van der Waals surface area contributed by atoms with Gasteiger partial charge in [0.25, 0.3) is 5.91 Å². The summed E-state index contributed by atoms with van der Waals surface area (Å²) in [5, 5.41) is 2.57. The number of fused-ring (bicyclic) bond motifs is 1. The van der Waals surface area contributed by atoms with E-state index in [1.807, 2.05) is 0 Å². The number of halogens is 2. The van der Waals surface area contributed by atoms with Crippen LogP contribution in [0.5, 0.6) is 11.5 Å². The highest BCUT2D eigenvalue weighted by molar-refractivity contribution is 9.10. The van der Waals surface area contributed by atoms with E-state index in [-0.39, 0.29) is 5.56 Å². The molecule has 0 atom stereocenters. The van der Waals surface area contributed by atoms with Gasteiger partial charge in [0.1, 0.15) is 19.0 Å². The van der Waals surface area contributed by atoms with Crippen molar-refractivity contribution < 1.29 is 28.2 Å². The van der Waals surface area contributed by atoms with E-state index in [0.717, 1.165) is 6.07 Å². The standard InChI is InChI=1S/C17H13BrFNO5/c18-10-1-3-12(13(19)7-10)17(22)25-9-16(21)20-11-2-4-14-15(8-11)24-6-5-23-14/h1-4,7-8H,5-6,9H2,(H,20,21). The predicted octanol–water partition coefficient (Wildman–Crippen LogP) is 3.15. The quantitative estimate of drug-likeness (QED) is 0.785. The van der Waals surface area contributed by atoms with Crippen LogP contribution in [0.1, 0.15) is 10.4 Å². The fraction of sp³-hybridized carbons (Fsp3) is 0.176. The Morgan fingerprint density at radius 2 is 1.88 bits per heavy atom. The van der Waals surface area contributed by atoms with Crippen LogP contribution in [-0.2, 0) is 9.53 Å². The Kier molecular flexibility index (Phi) is 5.18. The second kappa shape index (κ2) is 7.52. The maximum atomic E-state index is 13.7. The van der Waals surface area contributed by atoms with Crippen molar-refractivity contribution in [2.45, 2.75) is 0 Å².